The Morgan fingerprint density at radius 3 is 2.00 bits per heavy atom. The van der Waals surface area contributed by atoms with Crippen LogP contribution in [-0.2, 0) is 9.16 Å². The molecule has 6 heteroatoms. The fraction of sp³-hybridized carbons (Fsp3) is 0.361. The van der Waals surface area contributed by atoms with Crippen LogP contribution in [0.2, 0.25) is 5.04 Å². The first-order valence-electron chi connectivity index (χ1n) is 15.0. The Labute approximate surface area is 252 Å². The summed E-state index contributed by atoms with van der Waals surface area (Å²) in [6.07, 6.45) is 2.24. The zero-order chi connectivity index (χ0) is 30.1. The summed E-state index contributed by atoms with van der Waals surface area (Å²) in [4.78, 5) is 17.3. The number of ether oxygens (including phenoxy) is 1. The second-order valence-electron chi connectivity index (χ2n) is 12.7. The van der Waals surface area contributed by atoms with Gasteiger partial charge in [-0.25, -0.2) is 4.79 Å². The van der Waals surface area contributed by atoms with Crippen LogP contribution in [0.25, 0.3) is 0 Å². The maximum Gasteiger partial charge on any atom is 0.323 e. The molecule has 0 N–H and O–H groups in total. The van der Waals surface area contributed by atoms with Gasteiger partial charge in [0.15, 0.2) is 6.23 Å². The molecular weight excluding hydrogens is 536 g/mol. The second kappa shape index (κ2) is 11.9. The molecule has 220 valence electrons. The van der Waals surface area contributed by atoms with Gasteiger partial charge in [-0.1, -0.05) is 125 Å². The molecule has 0 saturated carbocycles. The Balaban J connectivity index is 1.42. The number of carbonyl (C=O) groups is 1. The number of benzene rings is 3. The number of allylic oxidation sites excluding steroid dienone is 1. The molecule has 0 bridgehead atoms. The highest BCUT2D eigenvalue weighted by molar-refractivity contribution is 6.99. The zero-order valence-corrected chi connectivity index (χ0v) is 26.8. The van der Waals surface area contributed by atoms with Gasteiger partial charge in [-0.2, -0.15) is 0 Å². The number of rotatable bonds is 8. The van der Waals surface area contributed by atoms with Crippen LogP contribution in [0.15, 0.2) is 115 Å². The highest BCUT2D eigenvalue weighted by atomic mass is 28.4. The SMILES string of the molecule is C=C1CC=C([C@H](C)CO[Si](c2ccccc2)(c2ccccc2)C(C)(C)C)O[C@H]1N1C(=O)N(C)[C@H](C)[C@@H]1c1ccccc1. The Morgan fingerprint density at radius 1 is 0.952 bits per heavy atom. The van der Waals surface area contributed by atoms with Crippen molar-refractivity contribution in [2.45, 2.75) is 64.4 Å². The molecule has 2 aliphatic rings. The van der Waals surface area contributed by atoms with Crippen molar-refractivity contribution < 1.29 is 14.0 Å². The maximum absolute atomic E-state index is 13.6. The van der Waals surface area contributed by atoms with E-state index in [4.69, 9.17) is 9.16 Å². The van der Waals surface area contributed by atoms with Crippen molar-refractivity contribution in [3.8, 4) is 0 Å². The van der Waals surface area contributed by atoms with Gasteiger partial charge >= 0.3 is 6.03 Å². The predicted molar refractivity (Wildman–Crippen MR) is 173 cm³/mol. The Morgan fingerprint density at radius 2 is 1.48 bits per heavy atom. The molecule has 3 aromatic carbocycles. The molecule has 3 aromatic rings. The van der Waals surface area contributed by atoms with E-state index >= 15 is 0 Å². The van der Waals surface area contributed by atoms with Crippen molar-refractivity contribution in [1.29, 1.82) is 0 Å². The lowest BCUT2D eigenvalue weighted by Crippen LogP contribution is -2.66. The minimum Gasteiger partial charge on any atom is -0.471 e. The molecule has 0 aliphatic carbocycles. The number of carbonyl (C=O) groups excluding carboxylic acids is 1. The lowest BCUT2D eigenvalue weighted by atomic mass is 9.98. The van der Waals surface area contributed by atoms with E-state index in [1.165, 1.54) is 10.4 Å². The Hall–Kier alpha value is -3.61. The van der Waals surface area contributed by atoms with Gasteiger partial charge in [0.2, 0.25) is 0 Å². The van der Waals surface area contributed by atoms with Crippen LogP contribution in [0, 0.1) is 5.92 Å². The van der Waals surface area contributed by atoms with E-state index in [0.29, 0.717) is 13.0 Å². The van der Waals surface area contributed by atoms with Gasteiger partial charge in [-0.15, -0.1) is 0 Å². The molecule has 42 heavy (non-hydrogen) atoms. The maximum atomic E-state index is 13.6. The van der Waals surface area contributed by atoms with E-state index in [1.807, 2.05) is 35.0 Å². The first-order valence-corrected chi connectivity index (χ1v) is 16.9. The van der Waals surface area contributed by atoms with Crippen molar-refractivity contribution in [2.75, 3.05) is 13.7 Å². The topological polar surface area (TPSA) is 42.0 Å². The molecule has 0 spiro atoms. The van der Waals surface area contributed by atoms with Gasteiger partial charge in [-0.05, 0) is 46.0 Å². The fourth-order valence-electron chi connectivity index (χ4n) is 6.51. The molecule has 0 aromatic heterocycles. The van der Waals surface area contributed by atoms with Gasteiger partial charge in [-0.3, -0.25) is 4.90 Å². The van der Waals surface area contributed by atoms with Crippen molar-refractivity contribution in [2.24, 2.45) is 5.92 Å². The first-order chi connectivity index (χ1) is 20.1. The van der Waals surface area contributed by atoms with Crippen molar-refractivity contribution in [3.63, 3.8) is 0 Å². The molecule has 2 amide bonds. The number of likely N-dealkylation sites (N-methyl/N-ethyl adjacent to an activating group) is 1. The van der Waals surface area contributed by atoms with E-state index in [-0.39, 0.29) is 29.1 Å². The van der Waals surface area contributed by atoms with Crippen LogP contribution < -0.4 is 10.4 Å². The van der Waals surface area contributed by atoms with Gasteiger partial charge < -0.3 is 14.1 Å². The summed E-state index contributed by atoms with van der Waals surface area (Å²) >= 11 is 0. The summed E-state index contributed by atoms with van der Waals surface area (Å²) in [5, 5.41) is 2.40. The third-order valence-electron chi connectivity index (χ3n) is 8.90. The zero-order valence-electron chi connectivity index (χ0n) is 25.8. The average Bonchev–Trinajstić information content (AvgIpc) is 3.22. The Kier molecular flexibility index (Phi) is 8.49. The van der Waals surface area contributed by atoms with E-state index in [1.54, 1.807) is 0 Å². The quantitative estimate of drug-likeness (QED) is 0.215. The van der Waals surface area contributed by atoms with Gasteiger partial charge in [0.25, 0.3) is 8.32 Å². The van der Waals surface area contributed by atoms with Crippen molar-refractivity contribution in [3.05, 3.63) is 121 Å². The molecule has 1 saturated heterocycles. The summed E-state index contributed by atoms with van der Waals surface area (Å²) in [6, 6.07) is 31.5. The van der Waals surface area contributed by atoms with E-state index in [0.717, 1.165) is 16.9 Å². The molecule has 5 rings (SSSR count). The average molecular weight is 581 g/mol. The van der Waals surface area contributed by atoms with E-state index in [9.17, 15) is 4.79 Å². The molecule has 1 fully saturated rings. The third-order valence-corrected chi connectivity index (χ3v) is 13.9. The van der Waals surface area contributed by atoms with E-state index < -0.39 is 14.5 Å². The molecule has 0 radical (unpaired) electrons. The number of hydrogen-bond acceptors (Lipinski definition) is 3. The number of amides is 2. The lowest BCUT2D eigenvalue weighted by molar-refractivity contribution is -0.00616. The molecule has 2 heterocycles. The number of nitrogens with zero attached hydrogens (tertiary/aromatic N) is 2. The van der Waals surface area contributed by atoms with Crippen LogP contribution >= 0.6 is 0 Å². The molecule has 5 nitrogen and oxygen atoms in total. The van der Waals surface area contributed by atoms with Crippen LogP contribution in [0.5, 0.6) is 0 Å². The van der Waals surface area contributed by atoms with Crippen LogP contribution in [0.3, 0.4) is 0 Å². The van der Waals surface area contributed by atoms with Gasteiger partial charge in [0.05, 0.1) is 12.1 Å². The van der Waals surface area contributed by atoms with Crippen molar-refractivity contribution in [1.82, 2.24) is 9.80 Å². The number of hydrogen-bond donors (Lipinski definition) is 0. The second-order valence-corrected chi connectivity index (χ2v) is 17.0. The van der Waals surface area contributed by atoms with Crippen LogP contribution in [-0.4, -0.2) is 50.1 Å². The number of urea groups is 1. The van der Waals surface area contributed by atoms with Crippen LogP contribution in [0.4, 0.5) is 4.79 Å². The summed E-state index contributed by atoms with van der Waals surface area (Å²) in [5.74, 6) is 0.845. The minimum atomic E-state index is -2.69. The summed E-state index contributed by atoms with van der Waals surface area (Å²) in [5.41, 5.74) is 1.98. The monoisotopic (exact) mass is 580 g/mol. The van der Waals surface area contributed by atoms with E-state index in [2.05, 4.69) is 120 Å². The summed E-state index contributed by atoms with van der Waals surface area (Å²) < 4.78 is 13.9. The molecule has 2 aliphatic heterocycles. The minimum absolute atomic E-state index is 0.00144. The standard InChI is InChI=1S/C36H44N2O3Si/c1-26-23-24-32(41-34(26)38-33(28(3)37(7)35(38)39)29-17-11-8-12-18-29)27(2)25-40-42(36(4,5)6,30-19-13-9-14-20-30)31-21-15-10-16-22-31/h8-22,24,27-28,33-34H,1,23,25H2,2-7H3/t27-,28-,33-,34-/m1/s1. The smallest absolute Gasteiger partial charge is 0.323 e. The predicted octanol–water partition coefficient (Wildman–Crippen LogP) is 6.88. The van der Waals surface area contributed by atoms with Crippen molar-refractivity contribution >= 4 is 24.7 Å². The lowest BCUT2D eigenvalue weighted by Gasteiger charge is -2.44. The Bertz CT molecular complexity index is 1380. The van der Waals surface area contributed by atoms with Crippen LogP contribution in [0.1, 0.15) is 52.6 Å². The highest BCUT2D eigenvalue weighted by Crippen LogP contribution is 2.41. The highest BCUT2D eigenvalue weighted by Gasteiger charge is 2.51. The summed E-state index contributed by atoms with van der Waals surface area (Å²) in [7, 11) is -0.821. The molecule has 0 unspecified atom stereocenters. The normalized spacial score (nSPS) is 22.1. The molecule has 4 atom stereocenters. The third kappa shape index (κ3) is 5.34. The van der Waals surface area contributed by atoms with Gasteiger partial charge in [0.1, 0.15) is 5.76 Å². The molecular formula is C36H44N2O3Si. The largest absolute Gasteiger partial charge is 0.471 e. The fourth-order valence-corrected chi connectivity index (χ4v) is 11.2. The van der Waals surface area contributed by atoms with Gasteiger partial charge in [0, 0.05) is 19.6 Å². The summed E-state index contributed by atoms with van der Waals surface area (Å²) in [6.45, 7) is 16.0. The first kappa shape index (κ1) is 29.9.